The zero-order chi connectivity index (χ0) is 15.4. The fraction of sp³-hybridized carbons (Fsp3) is 0.357. The van der Waals surface area contributed by atoms with Gasteiger partial charge in [0.15, 0.2) is 5.58 Å². The number of hydrogen-bond acceptors (Lipinski definition) is 4. The Kier molecular flexibility index (Phi) is 4.42. The second-order valence-electron chi connectivity index (χ2n) is 4.67. The molecule has 0 bridgehead atoms. The van der Waals surface area contributed by atoms with E-state index in [0.29, 0.717) is 23.9 Å². The average Bonchev–Trinajstić information content (AvgIpc) is 2.75. The van der Waals surface area contributed by atoms with Gasteiger partial charge in [-0.25, -0.2) is 9.59 Å². The first kappa shape index (κ1) is 14.8. The van der Waals surface area contributed by atoms with Crippen molar-refractivity contribution in [3.63, 3.8) is 0 Å². The number of carbonyl (C=O) groups is 2. The van der Waals surface area contributed by atoms with Crippen LogP contribution in [0.5, 0.6) is 0 Å². The van der Waals surface area contributed by atoms with Crippen LogP contribution in [-0.4, -0.2) is 27.6 Å². The third-order valence-corrected chi connectivity index (χ3v) is 3.09. The number of oxazole rings is 1. The van der Waals surface area contributed by atoms with E-state index in [0.717, 1.165) is 0 Å². The van der Waals surface area contributed by atoms with Gasteiger partial charge in [0.1, 0.15) is 12.6 Å². The van der Waals surface area contributed by atoms with Crippen LogP contribution >= 0.6 is 0 Å². The molecule has 2 aromatic rings. The fourth-order valence-corrected chi connectivity index (χ4v) is 2.09. The Morgan fingerprint density at radius 2 is 2.10 bits per heavy atom. The van der Waals surface area contributed by atoms with Crippen LogP contribution in [0.4, 0.5) is 0 Å². The molecule has 1 unspecified atom stereocenters. The Morgan fingerprint density at radius 1 is 1.38 bits per heavy atom. The van der Waals surface area contributed by atoms with Gasteiger partial charge >= 0.3 is 11.7 Å². The Labute approximate surface area is 120 Å². The first-order valence-corrected chi connectivity index (χ1v) is 6.63. The van der Waals surface area contributed by atoms with E-state index in [-0.39, 0.29) is 6.54 Å². The molecule has 112 valence electrons. The van der Waals surface area contributed by atoms with Crippen LogP contribution in [0.15, 0.2) is 33.5 Å². The zero-order valence-corrected chi connectivity index (χ0v) is 11.5. The summed E-state index contributed by atoms with van der Waals surface area (Å²) in [5.41, 5.74) is 0.888. The number of aliphatic carboxylic acids is 1. The summed E-state index contributed by atoms with van der Waals surface area (Å²) in [6, 6.07) is 5.79. The van der Waals surface area contributed by atoms with Crippen LogP contribution in [-0.2, 0) is 16.1 Å². The molecule has 0 aliphatic heterocycles. The van der Waals surface area contributed by atoms with E-state index in [2.05, 4.69) is 5.32 Å². The molecule has 0 fully saturated rings. The van der Waals surface area contributed by atoms with Gasteiger partial charge in [0.05, 0.1) is 5.52 Å². The van der Waals surface area contributed by atoms with Gasteiger partial charge < -0.3 is 14.8 Å². The van der Waals surface area contributed by atoms with Gasteiger partial charge in [0.2, 0.25) is 5.91 Å². The molecule has 0 radical (unpaired) electrons. The number of carboxylic acids is 1. The van der Waals surface area contributed by atoms with Gasteiger partial charge in [0, 0.05) is 0 Å². The quantitative estimate of drug-likeness (QED) is 0.826. The molecule has 0 aliphatic carbocycles. The molecule has 0 aliphatic rings. The second-order valence-corrected chi connectivity index (χ2v) is 4.67. The fourth-order valence-electron chi connectivity index (χ4n) is 2.09. The van der Waals surface area contributed by atoms with Gasteiger partial charge in [-0.15, -0.1) is 0 Å². The number of amides is 1. The Morgan fingerprint density at radius 3 is 2.76 bits per heavy atom. The maximum absolute atomic E-state index is 11.9. The summed E-state index contributed by atoms with van der Waals surface area (Å²) in [5, 5.41) is 11.4. The highest BCUT2D eigenvalue weighted by Gasteiger charge is 2.20. The second kappa shape index (κ2) is 6.25. The van der Waals surface area contributed by atoms with Crippen molar-refractivity contribution < 1.29 is 19.1 Å². The molecule has 1 heterocycles. The SMILES string of the molecule is CCCC(NC(=O)Cn1c(=O)oc2ccccc21)C(=O)O. The lowest BCUT2D eigenvalue weighted by atomic mass is 10.1. The lowest BCUT2D eigenvalue weighted by Gasteiger charge is -2.13. The van der Waals surface area contributed by atoms with Gasteiger partial charge in [-0.05, 0) is 18.6 Å². The molecule has 2 rings (SSSR count). The number of para-hydroxylation sites is 2. The molecule has 1 aromatic heterocycles. The first-order valence-electron chi connectivity index (χ1n) is 6.63. The summed E-state index contributed by atoms with van der Waals surface area (Å²) in [6.45, 7) is 1.56. The Bertz CT molecular complexity index is 715. The summed E-state index contributed by atoms with van der Waals surface area (Å²) < 4.78 is 6.19. The van der Waals surface area contributed by atoms with E-state index in [4.69, 9.17) is 9.52 Å². The minimum atomic E-state index is -1.09. The molecule has 21 heavy (non-hydrogen) atoms. The van der Waals surface area contributed by atoms with Crippen LogP contribution in [0.2, 0.25) is 0 Å². The average molecular weight is 292 g/mol. The van der Waals surface area contributed by atoms with Crippen LogP contribution in [0, 0.1) is 0 Å². The molecule has 0 saturated heterocycles. The van der Waals surface area contributed by atoms with Crippen LogP contribution in [0.25, 0.3) is 11.1 Å². The van der Waals surface area contributed by atoms with Gasteiger partial charge in [-0.1, -0.05) is 25.5 Å². The number of hydrogen-bond donors (Lipinski definition) is 2. The number of carboxylic acid groups (broad SMARTS) is 1. The van der Waals surface area contributed by atoms with Crippen LogP contribution in [0.3, 0.4) is 0 Å². The highest BCUT2D eigenvalue weighted by atomic mass is 16.4. The van der Waals surface area contributed by atoms with Crippen molar-refractivity contribution in [2.24, 2.45) is 0 Å². The van der Waals surface area contributed by atoms with Gasteiger partial charge in [-0.2, -0.15) is 0 Å². The summed E-state index contributed by atoms with van der Waals surface area (Å²) in [5.74, 6) is -2.27. The largest absolute Gasteiger partial charge is 0.480 e. The molecule has 1 aromatic carbocycles. The topological polar surface area (TPSA) is 102 Å². The van der Waals surface area contributed by atoms with E-state index in [1.54, 1.807) is 24.3 Å². The van der Waals surface area contributed by atoms with Crippen molar-refractivity contribution in [1.29, 1.82) is 0 Å². The molecule has 1 atom stereocenters. The Balaban J connectivity index is 2.16. The maximum Gasteiger partial charge on any atom is 0.420 e. The first-order chi connectivity index (χ1) is 10.0. The molecule has 1 amide bonds. The van der Waals surface area contributed by atoms with Crippen LogP contribution in [0.1, 0.15) is 19.8 Å². The van der Waals surface area contributed by atoms with E-state index in [1.807, 2.05) is 6.92 Å². The number of nitrogens with zero attached hydrogens (tertiary/aromatic N) is 1. The lowest BCUT2D eigenvalue weighted by Crippen LogP contribution is -2.42. The summed E-state index contributed by atoms with van der Waals surface area (Å²) >= 11 is 0. The third kappa shape index (κ3) is 3.31. The molecule has 2 N–H and O–H groups in total. The van der Waals surface area contributed by atoms with Crippen molar-refractivity contribution in [1.82, 2.24) is 9.88 Å². The predicted molar refractivity (Wildman–Crippen MR) is 74.9 cm³/mol. The van der Waals surface area contributed by atoms with Crippen molar-refractivity contribution in [2.75, 3.05) is 0 Å². The van der Waals surface area contributed by atoms with E-state index in [1.165, 1.54) is 4.57 Å². The Hall–Kier alpha value is -2.57. The molecule has 7 heteroatoms. The van der Waals surface area contributed by atoms with Crippen molar-refractivity contribution in [2.45, 2.75) is 32.4 Å². The minimum absolute atomic E-state index is 0.274. The minimum Gasteiger partial charge on any atom is -0.480 e. The molecule has 0 spiro atoms. The monoisotopic (exact) mass is 292 g/mol. The number of rotatable bonds is 6. The van der Waals surface area contributed by atoms with Crippen molar-refractivity contribution in [3.8, 4) is 0 Å². The normalized spacial score (nSPS) is 12.2. The smallest absolute Gasteiger partial charge is 0.420 e. The highest BCUT2D eigenvalue weighted by molar-refractivity contribution is 5.84. The highest BCUT2D eigenvalue weighted by Crippen LogP contribution is 2.11. The summed E-state index contributed by atoms with van der Waals surface area (Å²) in [4.78, 5) is 34.6. The summed E-state index contributed by atoms with van der Waals surface area (Å²) in [7, 11) is 0. The van der Waals surface area contributed by atoms with E-state index in [9.17, 15) is 14.4 Å². The number of nitrogens with one attached hydrogen (secondary N) is 1. The van der Waals surface area contributed by atoms with Gasteiger partial charge in [-0.3, -0.25) is 9.36 Å². The number of carbonyl (C=O) groups excluding carboxylic acids is 1. The lowest BCUT2D eigenvalue weighted by molar-refractivity contribution is -0.142. The number of fused-ring (bicyclic) bond motifs is 1. The third-order valence-electron chi connectivity index (χ3n) is 3.09. The summed E-state index contributed by atoms with van der Waals surface area (Å²) in [6.07, 6.45) is 0.966. The molecular weight excluding hydrogens is 276 g/mol. The van der Waals surface area contributed by atoms with Gasteiger partial charge in [0.25, 0.3) is 0 Å². The number of aromatic nitrogens is 1. The standard InChI is InChI=1S/C14H16N2O5/c1-2-5-9(13(18)19)15-12(17)8-16-10-6-3-4-7-11(10)21-14(16)20/h3-4,6-7,9H,2,5,8H2,1H3,(H,15,17)(H,18,19). The molecule has 0 saturated carbocycles. The molecule has 7 nitrogen and oxygen atoms in total. The predicted octanol–water partition coefficient (Wildman–Crippen LogP) is 0.964. The van der Waals surface area contributed by atoms with E-state index >= 15 is 0 Å². The van der Waals surface area contributed by atoms with Crippen molar-refractivity contribution in [3.05, 3.63) is 34.8 Å². The van der Waals surface area contributed by atoms with Crippen LogP contribution < -0.4 is 11.1 Å². The number of benzene rings is 1. The zero-order valence-electron chi connectivity index (χ0n) is 11.5. The van der Waals surface area contributed by atoms with E-state index < -0.39 is 23.7 Å². The van der Waals surface area contributed by atoms with Crippen molar-refractivity contribution >= 4 is 23.0 Å². The molecular formula is C14H16N2O5. The maximum atomic E-state index is 11.9.